The van der Waals surface area contributed by atoms with E-state index in [2.05, 4.69) is 223 Å². The van der Waals surface area contributed by atoms with Crippen LogP contribution in [0, 0.1) is 0 Å². The van der Waals surface area contributed by atoms with Crippen molar-refractivity contribution in [2.75, 3.05) is 4.90 Å². The maximum atomic E-state index is 6.66. The average Bonchev–Trinajstić information content (AvgIpc) is 3.84. The van der Waals surface area contributed by atoms with Gasteiger partial charge in [-0.15, -0.1) is 0 Å². The van der Waals surface area contributed by atoms with Crippen molar-refractivity contribution in [3.8, 4) is 44.5 Å². The standard InChI is InChI=1S/C54H36NOSi/c1-4-13-37(14-5-1)39-23-29-42(30-24-39)55(43-31-25-40(26-32-43)38-15-6-2-7-16-38)44-33-27-41(28-34-44)46-20-12-21-48-52(46)54-49(56-48)35-36-51-53(54)47-19-10-11-22-50(47)57(51)45-17-8-3-9-18-45/h1-36H. The SMILES string of the molecule is c1ccc(-c2ccc(N(c3ccc(-c4ccccc4)cc3)c3ccc(-c4cccc5oc6ccc7c(c6c45)-c4ccccc4[Si]7c4ccccc4)cc3)cc2)cc1. The molecule has 0 bridgehead atoms. The van der Waals surface area contributed by atoms with Crippen molar-refractivity contribution >= 4 is 63.4 Å². The van der Waals surface area contributed by atoms with Crippen LogP contribution < -0.4 is 20.5 Å². The van der Waals surface area contributed by atoms with Gasteiger partial charge in [0, 0.05) is 27.8 Å². The molecule has 1 aliphatic heterocycles. The zero-order chi connectivity index (χ0) is 37.7. The van der Waals surface area contributed by atoms with Gasteiger partial charge in [-0.25, -0.2) is 0 Å². The fraction of sp³-hybridized carbons (Fsp3) is 0. The molecule has 1 aromatic heterocycles. The molecule has 267 valence electrons. The highest BCUT2D eigenvalue weighted by molar-refractivity contribution is 6.99. The van der Waals surface area contributed by atoms with Gasteiger partial charge < -0.3 is 9.32 Å². The second kappa shape index (κ2) is 13.8. The Hall–Kier alpha value is -7.20. The molecule has 11 rings (SSSR count). The summed E-state index contributed by atoms with van der Waals surface area (Å²) in [6, 6.07) is 79.0. The number of nitrogens with zero attached hydrogens (tertiary/aromatic N) is 1. The normalized spacial score (nSPS) is 12.1. The van der Waals surface area contributed by atoms with Crippen molar-refractivity contribution in [1.82, 2.24) is 0 Å². The van der Waals surface area contributed by atoms with Crippen LogP contribution in [0.15, 0.2) is 223 Å². The third-order valence-corrected chi connectivity index (χ3v) is 14.2. The molecule has 0 N–H and O–H groups in total. The van der Waals surface area contributed by atoms with Crippen LogP contribution in [-0.4, -0.2) is 8.80 Å². The molecular formula is C54H36NOSi. The summed E-state index contributed by atoms with van der Waals surface area (Å²) < 4.78 is 6.66. The monoisotopic (exact) mass is 742 g/mol. The number of hydrogen-bond donors (Lipinski definition) is 0. The van der Waals surface area contributed by atoms with E-state index in [1.807, 2.05) is 0 Å². The molecule has 0 aliphatic carbocycles. The lowest BCUT2D eigenvalue weighted by molar-refractivity contribution is 0.669. The molecule has 0 spiro atoms. The van der Waals surface area contributed by atoms with Crippen molar-refractivity contribution in [2.24, 2.45) is 0 Å². The predicted molar refractivity (Wildman–Crippen MR) is 241 cm³/mol. The summed E-state index contributed by atoms with van der Waals surface area (Å²) in [5, 5.41) is 6.67. The van der Waals surface area contributed by atoms with Gasteiger partial charge in [-0.1, -0.05) is 175 Å². The van der Waals surface area contributed by atoms with E-state index >= 15 is 0 Å². The molecule has 0 saturated carbocycles. The predicted octanol–water partition coefficient (Wildman–Crippen LogP) is 12.6. The molecule has 0 unspecified atom stereocenters. The third kappa shape index (κ3) is 5.71. The van der Waals surface area contributed by atoms with Gasteiger partial charge in [-0.2, -0.15) is 0 Å². The summed E-state index contributed by atoms with van der Waals surface area (Å²) in [6.07, 6.45) is 0. The molecule has 10 aromatic rings. The number of fused-ring (bicyclic) bond motifs is 7. The minimum atomic E-state index is -1.17. The van der Waals surface area contributed by atoms with E-state index < -0.39 is 8.80 Å². The summed E-state index contributed by atoms with van der Waals surface area (Å²) in [5.74, 6) is 0. The van der Waals surface area contributed by atoms with Crippen LogP contribution in [0.1, 0.15) is 0 Å². The van der Waals surface area contributed by atoms with Crippen LogP contribution >= 0.6 is 0 Å². The van der Waals surface area contributed by atoms with Crippen molar-refractivity contribution in [1.29, 1.82) is 0 Å². The average molecular weight is 743 g/mol. The van der Waals surface area contributed by atoms with Gasteiger partial charge >= 0.3 is 0 Å². The number of hydrogen-bond acceptors (Lipinski definition) is 2. The molecule has 1 aliphatic rings. The quantitative estimate of drug-likeness (QED) is 0.151. The van der Waals surface area contributed by atoms with Gasteiger partial charge in [0.2, 0.25) is 0 Å². The number of furan rings is 1. The van der Waals surface area contributed by atoms with Gasteiger partial charge in [-0.3, -0.25) is 0 Å². The molecule has 0 amide bonds. The molecule has 0 fully saturated rings. The molecule has 0 atom stereocenters. The number of benzene rings is 9. The molecule has 57 heavy (non-hydrogen) atoms. The van der Waals surface area contributed by atoms with Crippen LogP contribution in [0.2, 0.25) is 0 Å². The van der Waals surface area contributed by atoms with Crippen molar-refractivity contribution in [3.63, 3.8) is 0 Å². The van der Waals surface area contributed by atoms with Gasteiger partial charge in [0.1, 0.15) is 11.2 Å². The molecule has 2 nitrogen and oxygen atoms in total. The molecule has 2 heterocycles. The van der Waals surface area contributed by atoms with E-state index in [1.165, 1.54) is 65.3 Å². The first-order valence-electron chi connectivity index (χ1n) is 19.5. The smallest absolute Gasteiger partial charge is 0.156 e. The molecule has 3 heteroatoms. The van der Waals surface area contributed by atoms with E-state index in [0.29, 0.717) is 0 Å². The van der Waals surface area contributed by atoms with Gasteiger partial charge in [0.05, 0.1) is 0 Å². The minimum absolute atomic E-state index is 0.913. The van der Waals surface area contributed by atoms with Crippen LogP contribution in [0.25, 0.3) is 66.4 Å². The van der Waals surface area contributed by atoms with Gasteiger partial charge in [-0.05, 0) is 103 Å². The van der Waals surface area contributed by atoms with Crippen LogP contribution in [-0.2, 0) is 0 Å². The summed E-state index contributed by atoms with van der Waals surface area (Å²) >= 11 is 0. The number of rotatable bonds is 7. The first-order valence-corrected chi connectivity index (χ1v) is 21.0. The lowest BCUT2D eigenvalue weighted by Crippen LogP contribution is -2.48. The minimum Gasteiger partial charge on any atom is -0.456 e. The van der Waals surface area contributed by atoms with Crippen molar-refractivity contribution < 1.29 is 4.42 Å². The lowest BCUT2D eigenvalue weighted by Gasteiger charge is -2.26. The molecule has 9 aromatic carbocycles. The highest BCUT2D eigenvalue weighted by Gasteiger charge is 2.34. The summed E-state index contributed by atoms with van der Waals surface area (Å²) in [6.45, 7) is 0. The second-order valence-corrected chi connectivity index (χ2v) is 17.0. The topological polar surface area (TPSA) is 16.4 Å². The fourth-order valence-corrected chi connectivity index (χ4v) is 11.7. The highest BCUT2D eigenvalue weighted by Crippen LogP contribution is 2.43. The zero-order valence-corrected chi connectivity index (χ0v) is 32.1. The Morgan fingerprint density at radius 1 is 0.316 bits per heavy atom. The van der Waals surface area contributed by atoms with Crippen LogP contribution in [0.4, 0.5) is 17.1 Å². The molecular weight excluding hydrogens is 707 g/mol. The maximum absolute atomic E-state index is 6.66. The van der Waals surface area contributed by atoms with Gasteiger partial charge in [0.15, 0.2) is 8.80 Å². The first-order chi connectivity index (χ1) is 28.3. The Balaban J connectivity index is 1.03. The highest BCUT2D eigenvalue weighted by atomic mass is 28.3. The Bertz CT molecular complexity index is 2940. The molecule has 1 radical (unpaired) electrons. The second-order valence-electron chi connectivity index (χ2n) is 14.6. The first kappa shape index (κ1) is 33.2. The van der Waals surface area contributed by atoms with E-state index in [9.17, 15) is 0 Å². The number of anilines is 3. The Morgan fingerprint density at radius 3 is 1.39 bits per heavy atom. The van der Waals surface area contributed by atoms with Crippen LogP contribution in [0.3, 0.4) is 0 Å². The Labute approximate surface area is 334 Å². The van der Waals surface area contributed by atoms with E-state index in [4.69, 9.17) is 4.42 Å². The van der Waals surface area contributed by atoms with Crippen molar-refractivity contribution in [3.05, 3.63) is 218 Å². The van der Waals surface area contributed by atoms with E-state index in [1.54, 1.807) is 0 Å². The molecule has 0 saturated heterocycles. The summed E-state index contributed by atoms with van der Waals surface area (Å²) in [5.41, 5.74) is 14.9. The van der Waals surface area contributed by atoms with Gasteiger partial charge in [0.25, 0.3) is 0 Å². The Kier molecular flexibility index (Phi) is 8.04. The zero-order valence-electron chi connectivity index (χ0n) is 31.1. The lowest BCUT2D eigenvalue weighted by atomic mass is 9.94. The van der Waals surface area contributed by atoms with Crippen molar-refractivity contribution in [2.45, 2.75) is 0 Å². The van der Waals surface area contributed by atoms with E-state index in [0.717, 1.165) is 33.8 Å². The Morgan fingerprint density at radius 2 is 0.789 bits per heavy atom. The van der Waals surface area contributed by atoms with E-state index in [-0.39, 0.29) is 0 Å². The summed E-state index contributed by atoms with van der Waals surface area (Å²) in [7, 11) is -1.17. The maximum Gasteiger partial charge on any atom is 0.156 e. The largest absolute Gasteiger partial charge is 0.456 e. The van der Waals surface area contributed by atoms with Crippen LogP contribution in [0.5, 0.6) is 0 Å². The third-order valence-electron chi connectivity index (χ3n) is 11.4. The summed E-state index contributed by atoms with van der Waals surface area (Å²) in [4.78, 5) is 2.35. The fourth-order valence-electron chi connectivity index (χ4n) is 8.72.